The van der Waals surface area contributed by atoms with Gasteiger partial charge in [-0.3, -0.25) is 4.79 Å². The molecule has 1 aliphatic carbocycles. The van der Waals surface area contributed by atoms with Crippen molar-refractivity contribution in [2.45, 2.75) is 32.3 Å². The molecule has 0 aliphatic heterocycles. The molecule has 6 nitrogen and oxygen atoms in total. The molecule has 1 unspecified atom stereocenters. The van der Waals surface area contributed by atoms with Crippen LogP contribution in [-0.2, 0) is 22.4 Å². The van der Waals surface area contributed by atoms with Gasteiger partial charge < -0.3 is 19.5 Å². The highest BCUT2D eigenvalue weighted by Crippen LogP contribution is 2.29. The Morgan fingerprint density at radius 1 is 1.00 bits per heavy atom. The average Bonchev–Trinajstić information content (AvgIpc) is 3.14. The average molecular weight is 369 g/mol. The van der Waals surface area contributed by atoms with Gasteiger partial charge in [0, 0.05) is 5.69 Å². The van der Waals surface area contributed by atoms with Crippen molar-refractivity contribution in [1.82, 2.24) is 0 Å². The van der Waals surface area contributed by atoms with Crippen molar-refractivity contribution in [1.29, 1.82) is 0 Å². The van der Waals surface area contributed by atoms with Crippen LogP contribution in [0, 0.1) is 0 Å². The molecule has 1 N–H and O–H groups in total. The number of benzene rings is 2. The standard InChI is InChI=1S/C21H23NO5/c1-13(20(23)22-16-11-10-14-6-4-7-15(14)12-16)27-21(24)19-17(25-2)8-5-9-18(19)26-3/h5,8-13H,4,6-7H2,1-3H3,(H,22,23). The van der Waals surface area contributed by atoms with Gasteiger partial charge in [0.05, 0.1) is 14.2 Å². The number of carbonyl (C=O) groups is 2. The van der Waals surface area contributed by atoms with Gasteiger partial charge >= 0.3 is 5.97 Å². The SMILES string of the molecule is COc1cccc(OC)c1C(=O)OC(C)C(=O)Nc1ccc2c(c1)CCC2. The van der Waals surface area contributed by atoms with E-state index in [1.165, 1.54) is 32.3 Å². The molecular weight excluding hydrogens is 346 g/mol. The van der Waals surface area contributed by atoms with Crippen molar-refractivity contribution >= 4 is 17.6 Å². The maximum Gasteiger partial charge on any atom is 0.346 e. The van der Waals surface area contributed by atoms with Gasteiger partial charge in [-0.15, -0.1) is 0 Å². The first kappa shape index (κ1) is 18.8. The molecule has 0 aromatic heterocycles. The number of aryl methyl sites for hydroxylation is 2. The molecule has 0 fully saturated rings. The van der Waals surface area contributed by atoms with Crippen molar-refractivity contribution in [3.8, 4) is 11.5 Å². The molecule has 0 heterocycles. The number of rotatable bonds is 6. The van der Waals surface area contributed by atoms with Crippen LogP contribution in [0.1, 0.15) is 34.8 Å². The summed E-state index contributed by atoms with van der Waals surface area (Å²) in [6, 6.07) is 10.9. The van der Waals surface area contributed by atoms with Crippen LogP contribution in [0.4, 0.5) is 5.69 Å². The summed E-state index contributed by atoms with van der Waals surface area (Å²) in [7, 11) is 2.91. The molecule has 0 saturated carbocycles. The Kier molecular flexibility index (Phi) is 5.64. The predicted octanol–water partition coefficient (Wildman–Crippen LogP) is 3.38. The lowest BCUT2D eigenvalue weighted by Gasteiger charge is -2.16. The topological polar surface area (TPSA) is 73.9 Å². The third-order valence-electron chi connectivity index (χ3n) is 4.65. The van der Waals surface area contributed by atoms with Gasteiger partial charge in [0.2, 0.25) is 0 Å². The third kappa shape index (κ3) is 4.05. The van der Waals surface area contributed by atoms with Gasteiger partial charge in [-0.1, -0.05) is 12.1 Å². The molecule has 2 aromatic carbocycles. The van der Waals surface area contributed by atoms with E-state index in [-0.39, 0.29) is 5.56 Å². The minimum absolute atomic E-state index is 0.152. The second-order valence-corrected chi connectivity index (χ2v) is 6.41. The second kappa shape index (κ2) is 8.12. The molecule has 1 amide bonds. The highest BCUT2D eigenvalue weighted by molar-refractivity contribution is 5.99. The molecular formula is C21H23NO5. The summed E-state index contributed by atoms with van der Waals surface area (Å²) in [5.74, 6) is -0.424. The van der Waals surface area contributed by atoms with E-state index in [4.69, 9.17) is 14.2 Å². The molecule has 3 rings (SSSR count). The van der Waals surface area contributed by atoms with Gasteiger partial charge in [0.25, 0.3) is 5.91 Å². The van der Waals surface area contributed by atoms with E-state index < -0.39 is 18.0 Å². The van der Waals surface area contributed by atoms with E-state index in [0.717, 1.165) is 19.3 Å². The quantitative estimate of drug-likeness (QED) is 0.790. The number of fused-ring (bicyclic) bond motifs is 1. The number of methoxy groups -OCH3 is 2. The van der Waals surface area contributed by atoms with E-state index in [1.807, 2.05) is 18.2 Å². The van der Waals surface area contributed by atoms with Crippen LogP contribution in [0.5, 0.6) is 11.5 Å². The Balaban J connectivity index is 1.69. The van der Waals surface area contributed by atoms with Gasteiger partial charge in [-0.25, -0.2) is 4.79 Å². The lowest BCUT2D eigenvalue weighted by atomic mass is 10.1. The van der Waals surface area contributed by atoms with E-state index in [1.54, 1.807) is 18.2 Å². The van der Waals surface area contributed by atoms with Gasteiger partial charge in [-0.05, 0) is 61.6 Å². The zero-order chi connectivity index (χ0) is 19.4. The van der Waals surface area contributed by atoms with Crippen LogP contribution < -0.4 is 14.8 Å². The van der Waals surface area contributed by atoms with Gasteiger partial charge in [0.15, 0.2) is 6.10 Å². The van der Waals surface area contributed by atoms with Crippen molar-refractivity contribution in [3.63, 3.8) is 0 Å². The Morgan fingerprint density at radius 3 is 2.33 bits per heavy atom. The minimum atomic E-state index is -0.972. The zero-order valence-electron chi connectivity index (χ0n) is 15.7. The number of carbonyl (C=O) groups excluding carboxylic acids is 2. The summed E-state index contributed by atoms with van der Waals surface area (Å²) >= 11 is 0. The molecule has 0 saturated heterocycles. The number of amides is 1. The van der Waals surface area contributed by atoms with Crippen LogP contribution in [-0.4, -0.2) is 32.2 Å². The summed E-state index contributed by atoms with van der Waals surface area (Å²) in [6.07, 6.45) is 2.28. The minimum Gasteiger partial charge on any atom is -0.496 e. The first-order valence-electron chi connectivity index (χ1n) is 8.88. The molecule has 2 aromatic rings. The third-order valence-corrected chi connectivity index (χ3v) is 4.65. The summed E-state index contributed by atoms with van der Waals surface area (Å²) in [5.41, 5.74) is 3.45. The van der Waals surface area contributed by atoms with Crippen molar-refractivity contribution in [2.75, 3.05) is 19.5 Å². The van der Waals surface area contributed by atoms with E-state index >= 15 is 0 Å². The number of ether oxygens (including phenoxy) is 3. The maximum absolute atomic E-state index is 12.6. The molecule has 6 heteroatoms. The Hall–Kier alpha value is -3.02. The van der Waals surface area contributed by atoms with Crippen LogP contribution >= 0.6 is 0 Å². The summed E-state index contributed by atoms with van der Waals surface area (Å²) in [5, 5.41) is 2.81. The molecule has 1 atom stereocenters. The number of hydrogen-bond donors (Lipinski definition) is 1. The fourth-order valence-electron chi connectivity index (χ4n) is 3.22. The highest BCUT2D eigenvalue weighted by atomic mass is 16.6. The summed E-state index contributed by atoms with van der Waals surface area (Å²) in [4.78, 5) is 25.0. The zero-order valence-corrected chi connectivity index (χ0v) is 15.7. The lowest BCUT2D eigenvalue weighted by Crippen LogP contribution is -2.30. The monoisotopic (exact) mass is 369 g/mol. The van der Waals surface area contributed by atoms with Crippen LogP contribution in [0.15, 0.2) is 36.4 Å². The maximum atomic E-state index is 12.6. The molecule has 27 heavy (non-hydrogen) atoms. The van der Waals surface area contributed by atoms with Gasteiger partial charge in [-0.2, -0.15) is 0 Å². The lowest BCUT2D eigenvalue weighted by molar-refractivity contribution is -0.123. The van der Waals surface area contributed by atoms with Crippen molar-refractivity contribution in [3.05, 3.63) is 53.1 Å². The van der Waals surface area contributed by atoms with Gasteiger partial charge in [0.1, 0.15) is 17.1 Å². The summed E-state index contributed by atoms with van der Waals surface area (Å²) < 4.78 is 15.8. The molecule has 0 bridgehead atoms. The molecule has 0 radical (unpaired) electrons. The van der Waals surface area contributed by atoms with E-state index in [0.29, 0.717) is 17.2 Å². The van der Waals surface area contributed by atoms with Crippen LogP contribution in [0.2, 0.25) is 0 Å². The summed E-state index contributed by atoms with van der Waals surface area (Å²) in [6.45, 7) is 1.53. The Labute approximate surface area is 158 Å². The Morgan fingerprint density at radius 2 is 1.67 bits per heavy atom. The molecule has 0 spiro atoms. The predicted molar refractivity (Wildman–Crippen MR) is 102 cm³/mol. The first-order chi connectivity index (χ1) is 13.0. The van der Waals surface area contributed by atoms with E-state index in [9.17, 15) is 9.59 Å². The highest BCUT2D eigenvalue weighted by Gasteiger charge is 2.25. The fourth-order valence-corrected chi connectivity index (χ4v) is 3.22. The number of nitrogens with one attached hydrogen (secondary N) is 1. The van der Waals surface area contributed by atoms with Crippen molar-refractivity contribution in [2.24, 2.45) is 0 Å². The van der Waals surface area contributed by atoms with Crippen LogP contribution in [0.25, 0.3) is 0 Å². The molecule has 142 valence electrons. The fraction of sp³-hybridized carbons (Fsp3) is 0.333. The largest absolute Gasteiger partial charge is 0.496 e. The normalized spacial score (nSPS) is 13.4. The molecule has 1 aliphatic rings. The number of esters is 1. The van der Waals surface area contributed by atoms with E-state index in [2.05, 4.69) is 5.32 Å². The van der Waals surface area contributed by atoms with Crippen LogP contribution in [0.3, 0.4) is 0 Å². The second-order valence-electron chi connectivity index (χ2n) is 6.41. The van der Waals surface area contributed by atoms with Crippen molar-refractivity contribution < 1.29 is 23.8 Å². The number of anilines is 1. The Bertz CT molecular complexity index is 839. The smallest absolute Gasteiger partial charge is 0.346 e. The number of hydrogen-bond acceptors (Lipinski definition) is 5. The first-order valence-corrected chi connectivity index (χ1v) is 8.88.